The summed E-state index contributed by atoms with van der Waals surface area (Å²) in [5.74, 6) is -0.0244. The van der Waals surface area contributed by atoms with E-state index < -0.39 is 11.7 Å². The number of hydrogen-bond acceptors (Lipinski definition) is 1. The molecule has 0 bridgehead atoms. The summed E-state index contributed by atoms with van der Waals surface area (Å²) in [5.41, 5.74) is 0.292. The highest BCUT2D eigenvalue weighted by molar-refractivity contribution is 5.99. The minimum absolute atomic E-state index is 0.0244. The van der Waals surface area contributed by atoms with Crippen LogP contribution in [0.3, 0.4) is 0 Å². The molecule has 0 amide bonds. The molecule has 0 spiro atoms. The molecule has 1 aromatic carbocycles. The molecule has 0 atom stereocenters. The number of allylic oxidation sites excluding steroid dienone is 2. The Morgan fingerprint density at radius 1 is 1.16 bits per heavy atom. The Balaban J connectivity index is 2.40. The Kier molecular flexibility index (Phi) is 3.29. The van der Waals surface area contributed by atoms with Gasteiger partial charge in [0.2, 0.25) is 0 Å². The molecule has 0 saturated carbocycles. The van der Waals surface area contributed by atoms with Crippen LogP contribution in [-0.2, 0) is 11.0 Å². The van der Waals surface area contributed by atoms with Crippen LogP contribution in [0.5, 0.6) is 0 Å². The van der Waals surface area contributed by atoms with Crippen LogP contribution in [0.4, 0.5) is 13.2 Å². The molecule has 0 N–H and O–H groups in total. The number of alkyl halides is 3. The van der Waals surface area contributed by atoms with Gasteiger partial charge < -0.3 is 0 Å². The van der Waals surface area contributed by atoms with E-state index in [-0.39, 0.29) is 11.2 Å². The summed E-state index contributed by atoms with van der Waals surface area (Å²) >= 11 is 0. The van der Waals surface area contributed by atoms with Crippen molar-refractivity contribution >= 4 is 11.4 Å². The fourth-order valence-electron chi connectivity index (χ4n) is 2.43. The van der Waals surface area contributed by atoms with E-state index in [2.05, 4.69) is 0 Å². The molecule has 1 aliphatic rings. The standard InChI is InChI=1S/C15H15F3O/c1-14(2)8-11(7-13(19)9-14)10-4-3-5-12(6-10)15(16,17)18/h3-7H,8-9H2,1-2H3. The molecule has 2 rings (SSSR count). The fourth-order valence-corrected chi connectivity index (χ4v) is 2.43. The summed E-state index contributed by atoms with van der Waals surface area (Å²) in [6, 6.07) is 5.15. The van der Waals surface area contributed by atoms with Gasteiger partial charge in [0, 0.05) is 6.42 Å². The molecule has 1 aromatic rings. The molecule has 102 valence electrons. The number of halogens is 3. The third kappa shape index (κ3) is 3.25. The molecule has 0 heterocycles. The normalized spacial score (nSPS) is 19.2. The minimum atomic E-state index is -4.36. The van der Waals surface area contributed by atoms with E-state index in [1.807, 2.05) is 13.8 Å². The molecule has 0 radical (unpaired) electrons. The van der Waals surface area contributed by atoms with Gasteiger partial charge in [-0.25, -0.2) is 0 Å². The van der Waals surface area contributed by atoms with Crippen LogP contribution in [0.15, 0.2) is 30.3 Å². The van der Waals surface area contributed by atoms with E-state index in [1.165, 1.54) is 12.1 Å². The molecule has 1 nitrogen and oxygen atoms in total. The maximum Gasteiger partial charge on any atom is 0.416 e. The molecule has 19 heavy (non-hydrogen) atoms. The van der Waals surface area contributed by atoms with E-state index in [1.54, 1.807) is 6.07 Å². The average Bonchev–Trinajstić information content (AvgIpc) is 2.25. The Bertz CT molecular complexity index is 539. The molecule has 0 aliphatic heterocycles. The van der Waals surface area contributed by atoms with Crippen LogP contribution in [-0.4, -0.2) is 5.78 Å². The quantitative estimate of drug-likeness (QED) is 0.734. The monoisotopic (exact) mass is 268 g/mol. The Morgan fingerprint density at radius 2 is 1.84 bits per heavy atom. The lowest BCUT2D eigenvalue weighted by Gasteiger charge is -2.29. The minimum Gasteiger partial charge on any atom is -0.295 e. The molecule has 0 fully saturated rings. The van der Waals surface area contributed by atoms with E-state index >= 15 is 0 Å². The van der Waals surface area contributed by atoms with Crippen molar-refractivity contribution in [3.63, 3.8) is 0 Å². The van der Waals surface area contributed by atoms with Crippen LogP contribution in [0.1, 0.15) is 37.8 Å². The number of rotatable bonds is 1. The van der Waals surface area contributed by atoms with Crippen molar-refractivity contribution in [1.29, 1.82) is 0 Å². The lowest BCUT2D eigenvalue weighted by molar-refractivity contribution is -0.137. The fraction of sp³-hybridized carbons (Fsp3) is 0.400. The highest BCUT2D eigenvalue weighted by Crippen LogP contribution is 2.39. The smallest absolute Gasteiger partial charge is 0.295 e. The molecule has 1 aliphatic carbocycles. The summed E-state index contributed by atoms with van der Waals surface area (Å²) in [4.78, 5) is 11.6. The summed E-state index contributed by atoms with van der Waals surface area (Å²) in [6.07, 6.45) is -1.83. The van der Waals surface area contributed by atoms with Gasteiger partial charge in [0.25, 0.3) is 0 Å². The first-order valence-corrected chi connectivity index (χ1v) is 6.08. The van der Waals surface area contributed by atoms with Crippen LogP contribution < -0.4 is 0 Å². The van der Waals surface area contributed by atoms with Crippen molar-refractivity contribution in [2.45, 2.75) is 32.9 Å². The predicted octanol–water partition coefficient (Wildman–Crippen LogP) is 4.48. The van der Waals surface area contributed by atoms with Crippen molar-refractivity contribution in [3.8, 4) is 0 Å². The number of benzene rings is 1. The van der Waals surface area contributed by atoms with Crippen LogP contribution in [0, 0.1) is 5.41 Å². The highest BCUT2D eigenvalue weighted by Gasteiger charge is 2.32. The van der Waals surface area contributed by atoms with Crippen molar-refractivity contribution in [1.82, 2.24) is 0 Å². The maximum atomic E-state index is 12.7. The van der Waals surface area contributed by atoms with Crippen LogP contribution in [0.25, 0.3) is 5.57 Å². The molecule has 4 heteroatoms. The summed E-state index contributed by atoms with van der Waals surface area (Å²) < 4.78 is 38.0. The van der Waals surface area contributed by atoms with Crippen molar-refractivity contribution in [2.75, 3.05) is 0 Å². The van der Waals surface area contributed by atoms with Gasteiger partial charge in [0.05, 0.1) is 5.56 Å². The van der Waals surface area contributed by atoms with Gasteiger partial charge >= 0.3 is 6.18 Å². The SMILES string of the molecule is CC1(C)CC(=O)C=C(c2cccc(C(F)(F)F)c2)C1. The van der Waals surface area contributed by atoms with Gasteiger partial charge in [-0.1, -0.05) is 26.0 Å². The van der Waals surface area contributed by atoms with Crippen LogP contribution >= 0.6 is 0 Å². The zero-order chi connectivity index (χ0) is 14.3. The summed E-state index contributed by atoms with van der Waals surface area (Å²) in [6.45, 7) is 3.90. The number of ketones is 1. The Hall–Kier alpha value is -1.58. The molecule has 0 unspecified atom stereocenters. The Morgan fingerprint density at radius 3 is 2.42 bits per heavy atom. The Labute approximate surface area is 110 Å². The van der Waals surface area contributed by atoms with Crippen LogP contribution in [0.2, 0.25) is 0 Å². The predicted molar refractivity (Wildman–Crippen MR) is 67.4 cm³/mol. The zero-order valence-electron chi connectivity index (χ0n) is 10.8. The number of hydrogen-bond donors (Lipinski definition) is 0. The van der Waals surface area contributed by atoms with E-state index in [0.717, 1.165) is 12.1 Å². The number of carbonyl (C=O) groups is 1. The molecular formula is C15H15F3O. The summed E-state index contributed by atoms with van der Waals surface area (Å²) in [7, 11) is 0. The van der Waals surface area contributed by atoms with Gasteiger partial charge in [-0.15, -0.1) is 0 Å². The first-order chi connectivity index (χ1) is 8.67. The second-order valence-corrected chi connectivity index (χ2v) is 5.73. The van der Waals surface area contributed by atoms with Gasteiger partial charge in [-0.2, -0.15) is 13.2 Å². The third-order valence-corrected chi connectivity index (χ3v) is 3.22. The van der Waals surface area contributed by atoms with Crippen molar-refractivity contribution < 1.29 is 18.0 Å². The first kappa shape index (κ1) is 13.8. The summed E-state index contributed by atoms with van der Waals surface area (Å²) in [5, 5.41) is 0. The first-order valence-electron chi connectivity index (χ1n) is 6.08. The van der Waals surface area contributed by atoms with Crippen molar-refractivity contribution in [2.24, 2.45) is 5.41 Å². The maximum absolute atomic E-state index is 12.7. The largest absolute Gasteiger partial charge is 0.416 e. The molecular weight excluding hydrogens is 253 g/mol. The second-order valence-electron chi connectivity index (χ2n) is 5.73. The van der Waals surface area contributed by atoms with Crippen molar-refractivity contribution in [3.05, 3.63) is 41.5 Å². The van der Waals surface area contributed by atoms with E-state index in [4.69, 9.17) is 0 Å². The second kappa shape index (κ2) is 4.51. The molecule has 0 aromatic heterocycles. The molecule has 0 saturated heterocycles. The lowest BCUT2D eigenvalue weighted by Crippen LogP contribution is -2.21. The average molecular weight is 268 g/mol. The number of carbonyl (C=O) groups excluding carboxylic acids is 1. The highest BCUT2D eigenvalue weighted by atomic mass is 19.4. The van der Waals surface area contributed by atoms with E-state index in [9.17, 15) is 18.0 Å². The third-order valence-electron chi connectivity index (χ3n) is 3.22. The van der Waals surface area contributed by atoms with Gasteiger partial charge in [-0.05, 0) is 41.2 Å². The van der Waals surface area contributed by atoms with Gasteiger partial charge in [-0.3, -0.25) is 4.79 Å². The van der Waals surface area contributed by atoms with Gasteiger partial charge in [0.1, 0.15) is 0 Å². The topological polar surface area (TPSA) is 17.1 Å². The lowest BCUT2D eigenvalue weighted by atomic mass is 9.75. The van der Waals surface area contributed by atoms with Gasteiger partial charge in [0.15, 0.2) is 5.78 Å². The zero-order valence-corrected chi connectivity index (χ0v) is 10.8. The van der Waals surface area contributed by atoms with E-state index in [0.29, 0.717) is 24.0 Å².